The second kappa shape index (κ2) is 10.0. The van der Waals surface area contributed by atoms with Crippen molar-refractivity contribution in [1.29, 1.82) is 0 Å². The van der Waals surface area contributed by atoms with Gasteiger partial charge in [-0.2, -0.15) is 13.2 Å². The van der Waals surface area contributed by atoms with Crippen LogP contribution in [0.3, 0.4) is 0 Å². The van der Waals surface area contributed by atoms with Gasteiger partial charge in [-0.15, -0.1) is 0 Å². The molecule has 2 rings (SSSR count). The van der Waals surface area contributed by atoms with Crippen molar-refractivity contribution in [3.63, 3.8) is 0 Å². The Morgan fingerprint density at radius 1 is 1.28 bits per heavy atom. The number of hydroxylamine groups is 1. The van der Waals surface area contributed by atoms with E-state index < -0.39 is 18.5 Å². The lowest BCUT2D eigenvalue weighted by Gasteiger charge is -2.08. The molecule has 10 nitrogen and oxygen atoms in total. The summed E-state index contributed by atoms with van der Waals surface area (Å²) >= 11 is 3.02. The summed E-state index contributed by atoms with van der Waals surface area (Å²) in [6, 6.07) is 3.92. The fraction of sp³-hybridized carbons (Fsp3) is 0.286. The number of amidine groups is 1. The van der Waals surface area contributed by atoms with Crippen molar-refractivity contribution < 1.29 is 27.4 Å². The van der Waals surface area contributed by atoms with Gasteiger partial charge in [0.2, 0.25) is 5.82 Å². The second-order valence-electron chi connectivity index (χ2n) is 5.30. The number of guanidine groups is 1. The molecule has 15 heteroatoms. The molecule has 1 aromatic carbocycles. The van der Waals surface area contributed by atoms with Crippen molar-refractivity contribution in [2.24, 2.45) is 15.7 Å². The van der Waals surface area contributed by atoms with Gasteiger partial charge in [-0.1, -0.05) is 0 Å². The van der Waals surface area contributed by atoms with Crippen molar-refractivity contribution in [1.82, 2.24) is 21.1 Å². The summed E-state index contributed by atoms with van der Waals surface area (Å²) in [7, 11) is 0. The molecule has 0 bridgehead atoms. The van der Waals surface area contributed by atoms with E-state index in [9.17, 15) is 22.8 Å². The van der Waals surface area contributed by atoms with Crippen LogP contribution >= 0.6 is 15.9 Å². The maximum Gasteiger partial charge on any atom is 0.408 e. The summed E-state index contributed by atoms with van der Waals surface area (Å²) in [5.41, 5.74) is 7.46. The van der Waals surface area contributed by atoms with Gasteiger partial charge < -0.3 is 16.4 Å². The summed E-state index contributed by atoms with van der Waals surface area (Å²) in [6.07, 6.45) is -4.45. The molecule has 0 saturated heterocycles. The Morgan fingerprint density at radius 3 is 2.69 bits per heavy atom. The van der Waals surface area contributed by atoms with Gasteiger partial charge in [-0.3, -0.25) is 10.7 Å². The lowest BCUT2D eigenvalue weighted by Crippen LogP contribution is -2.36. The van der Waals surface area contributed by atoms with Gasteiger partial charge in [0.05, 0.1) is 10.2 Å². The molecule has 1 aromatic heterocycles. The average Bonchev–Trinajstić information content (AvgIpc) is 3.12. The number of aromatic nitrogens is 2. The zero-order chi connectivity index (χ0) is 21.4. The standard InChI is InChI=1S/C14H15BrF4N8O2/c15-8-5-7(1-2-9(8)16)24-12(25-28)10-11(27-29-26-10)21-3-4-22-13(20)23-6-14(17,18)19/h1-2,5,28H,3-4,6H2,(H,21,27)(H,24,25)(H3,20,22,23). The van der Waals surface area contributed by atoms with Gasteiger partial charge in [0.1, 0.15) is 12.4 Å². The first-order valence-corrected chi connectivity index (χ1v) is 8.60. The highest BCUT2D eigenvalue weighted by atomic mass is 79.9. The van der Waals surface area contributed by atoms with E-state index in [0.717, 1.165) is 0 Å². The van der Waals surface area contributed by atoms with Gasteiger partial charge in [0, 0.05) is 13.1 Å². The van der Waals surface area contributed by atoms with E-state index in [1.54, 1.807) is 0 Å². The molecule has 0 radical (unpaired) electrons. The van der Waals surface area contributed by atoms with E-state index in [0.29, 0.717) is 5.69 Å². The monoisotopic (exact) mass is 482 g/mol. The average molecular weight is 483 g/mol. The highest BCUT2D eigenvalue weighted by Gasteiger charge is 2.26. The molecule has 158 valence electrons. The summed E-state index contributed by atoms with van der Waals surface area (Å²) in [5.74, 6) is -0.923. The molecule has 6 N–H and O–H groups in total. The Balaban J connectivity index is 1.98. The van der Waals surface area contributed by atoms with Crippen molar-refractivity contribution >= 4 is 39.2 Å². The largest absolute Gasteiger partial charge is 0.408 e. The Kier molecular flexibility index (Phi) is 7.72. The molecule has 0 amide bonds. The summed E-state index contributed by atoms with van der Waals surface area (Å²) in [6.45, 7) is -1.15. The van der Waals surface area contributed by atoms with Gasteiger partial charge in [0.15, 0.2) is 17.5 Å². The van der Waals surface area contributed by atoms with E-state index >= 15 is 0 Å². The van der Waals surface area contributed by atoms with Crippen LogP contribution in [0.4, 0.5) is 29.1 Å². The fourth-order valence-electron chi connectivity index (χ4n) is 1.88. The molecule has 2 aromatic rings. The first-order valence-electron chi connectivity index (χ1n) is 7.81. The first kappa shape index (κ1) is 22.4. The highest BCUT2D eigenvalue weighted by Crippen LogP contribution is 2.23. The number of hydrogen-bond donors (Lipinski definition) is 5. The molecule has 0 fully saturated rings. The van der Waals surface area contributed by atoms with Gasteiger partial charge in [-0.05, 0) is 44.4 Å². The molecule has 0 aliphatic rings. The zero-order valence-electron chi connectivity index (χ0n) is 14.5. The van der Waals surface area contributed by atoms with Crippen LogP contribution in [0.15, 0.2) is 37.3 Å². The second-order valence-corrected chi connectivity index (χ2v) is 6.16. The number of nitrogens with two attached hydrogens (primary N) is 1. The number of alkyl halides is 3. The molecule has 0 saturated carbocycles. The van der Waals surface area contributed by atoms with Gasteiger partial charge >= 0.3 is 6.18 Å². The summed E-state index contributed by atoms with van der Waals surface area (Å²) in [4.78, 5) is 7.22. The van der Waals surface area contributed by atoms with Crippen molar-refractivity contribution in [3.8, 4) is 0 Å². The van der Waals surface area contributed by atoms with Gasteiger partial charge in [-0.25, -0.2) is 19.0 Å². The number of nitrogens with zero attached hydrogens (tertiary/aromatic N) is 4. The molecule has 1 heterocycles. The maximum absolute atomic E-state index is 13.3. The molecular weight excluding hydrogens is 468 g/mol. The van der Waals surface area contributed by atoms with Crippen LogP contribution in [0.25, 0.3) is 0 Å². The van der Waals surface area contributed by atoms with Crippen LogP contribution in [0, 0.1) is 5.82 Å². The predicted octanol–water partition coefficient (Wildman–Crippen LogP) is 1.91. The smallest absolute Gasteiger partial charge is 0.370 e. The lowest BCUT2D eigenvalue weighted by molar-refractivity contribution is -0.118. The number of halogens is 5. The lowest BCUT2D eigenvalue weighted by atomic mass is 10.3. The minimum absolute atomic E-state index is 0.00616. The van der Waals surface area contributed by atoms with E-state index in [2.05, 4.69) is 51.5 Å². The van der Waals surface area contributed by atoms with Crippen molar-refractivity contribution in [2.45, 2.75) is 6.18 Å². The quantitative estimate of drug-likeness (QED) is 0.132. The molecule has 0 atom stereocenters. The van der Waals surface area contributed by atoms with Crippen LogP contribution in [0.1, 0.15) is 5.69 Å². The van der Waals surface area contributed by atoms with Gasteiger partial charge in [0.25, 0.3) is 0 Å². The third kappa shape index (κ3) is 7.19. The maximum atomic E-state index is 13.3. The fourth-order valence-corrected chi connectivity index (χ4v) is 2.24. The number of nitrogens with one attached hydrogen (secondary N) is 3. The zero-order valence-corrected chi connectivity index (χ0v) is 16.1. The van der Waals surface area contributed by atoms with Crippen LogP contribution < -0.4 is 21.8 Å². The number of rotatable bonds is 7. The van der Waals surface area contributed by atoms with Crippen LogP contribution in [-0.4, -0.2) is 53.1 Å². The predicted molar refractivity (Wildman–Crippen MR) is 98.6 cm³/mol. The molecule has 0 aliphatic carbocycles. The molecular formula is C14H15BrF4N8O2. The molecule has 29 heavy (non-hydrogen) atoms. The summed E-state index contributed by atoms with van der Waals surface area (Å²) < 4.78 is 54.2. The third-order valence-electron chi connectivity index (χ3n) is 3.12. The normalized spacial score (nSPS) is 12.8. The number of aliphatic imine (C=N–C) groups is 2. The van der Waals surface area contributed by atoms with Crippen LogP contribution in [0.5, 0.6) is 0 Å². The van der Waals surface area contributed by atoms with E-state index in [1.165, 1.54) is 18.2 Å². The van der Waals surface area contributed by atoms with Crippen LogP contribution in [0.2, 0.25) is 0 Å². The molecule has 0 aliphatic heterocycles. The van der Waals surface area contributed by atoms with E-state index in [4.69, 9.17) is 5.73 Å². The Morgan fingerprint density at radius 2 is 2.03 bits per heavy atom. The van der Waals surface area contributed by atoms with Crippen molar-refractivity contribution in [2.75, 3.05) is 25.0 Å². The Labute approximate surface area is 169 Å². The number of hydrogen-bond acceptors (Lipinski definition) is 7. The Bertz CT molecular complexity index is 887. The van der Waals surface area contributed by atoms with E-state index in [-0.39, 0.29) is 40.9 Å². The number of anilines is 1. The van der Waals surface area contributed by atoms with E-state index in [1.807, 2.05) is 5.48 Å². The topological polar surface area (TPSA) is 146 Å². The first-order chi connectivity index (χ1) is 13.7. The highest BCUT2D eigenvalue weighted by molar-refractivity contribution is 9.10. The minimum atomic E-state index is -4.45. The molecule has 0 unspecified atom stereocenters. The van der Waals surface area contributed by atoms with Crippen LogP contribution in [-0.2, 0) is 0 Å². The summed E-state index contributed by atoms with van der Waals surface area (Å²) in [5, 5.41) is 21.8. The minimum Gasteiger partial charge on any atom is -0.370 e. The van der Waals surface area contributed by atoms with Crippen molar-refractivity contribution in [3.05, 3.63) is 34.2 Å². The SMILES string of the molecule is NC(=NCC(F)(F)F)NCCNc1nonc1C(=Nc1ccc(F)c(Br)c1)NO. The number of benzene rings is 1. The third-order valence-corrected chi connectivity index (χ3v) is 3.72. The Hall–Kier alpha value is -2.94. The molecule has 0 spiro atoms.